The molecule has 0 spiro atoms. The maximum Gasteiger partial charge on any atom is 0.255 e. The standard InChI is InChI=1S/C19H16F2N4O2.CH4O/c20-19(21)4-7-24(8-5-19)18(27)15-9-14-3-6-25(17(14)23-11-15)16-2-1-13(12-26)10-22-16;1-2/h1-3,6,9-12H,4-5,7-8H2;2H,1H3. The lowest BCUT2D eigenvalue weighted by molar-refractivity contribution is -0.0494. The van der Waals surface area contributed by atoms with Crippen LogP contribution in [-0.2, 0) is 0 Å². The maximum atomic E-state index is 13.3. The first-order valence-electron chi connectivity index (χ1n) is 8.97. The Morgan fingerprint density at radius 2 is 1.86 bits per heavy atom. The molecule has 0 saturated carbocycles. The molecule has 4 heterocycles. The number of aldehydes is 1. The number of hydrogen-bond acceptors (Lipinski definition) is 5. The molecule has 1 fully saturated rings. The molecule has 1 saturated heterocycles. The number of hydrogen-bond donors (Lipinski definition) is 1. The number of fused-ring (bicyclic) bond motifs is 1. The fourth-order valence-corrected chi connectivity index (χ4v) is 3.16. The molecule has 3 aromatic rings. The topological polar surface area (TPSA) is 88.3 Å². The minimum absolute atomic E-state index is 0.0396. The Morgan fingerprint density at radius 1 is 1.14 bits per heavy atom. The van der Waals surface area contributed by atoms with Gasteiger partial charge in [0.15, 0.2) is 6.29 Å². The molecule has 152 valence electrons. The minimum Gasteiger partial charge on any atom is -0.400 e. The summed E-state index contributed by atoms with van der Waals surface area (Å²) in [5.74, 6) is -2.38. The predicted octanol–water partition coefficient (Wildman–Crippen LogP) is 2.71. The monoisotopic (exact) mass is 402 g/mol. The number of aliphatic hydroxyl groups is 1. The van der Waals surface area contributed by atoms with Crippen LogP contribution in [0.1, 0.15) is 33.6 Å². The summed E-state index contributed by atoms with van der Waals surface area (Å²) in [4.78, 5) is 33.4. The van der Waals surface area contributed by atoms with Crippen LogP contribution in [0, 0.1) is 0 Å². The SMILES string of the molecule is CO.O=Cc1ccc(-n2ccc3cc(C(=O)N4CCC(F)(F)CC4)cnc32)nc1. The van der Waals surface area contributed by atoms with Crippen molar-refractivity contribution < 1.29 is 23.5 Å². The van der Waals surface area contributed by atoms with E-state index in [4.69, 9.17) is 5.11 Å². The molecule has 4 rings (SSSR count). The van der Waals surface area contributed by atoms with Gasteiger partial charge in [0, 0.05) is 62.6 Å². The van der Waals surface area contributed by atoms with Crippen LogP contribution >= 0.6 is 0 Å². The van der Waals surface area contributed by atoms with Crippen molar-refractivity contribution in [2.24, 2.45) is 0 Å². The zero-order valence-corrected chi connectivity index (χ0v) is 15.8. The van der Waals surface area contributed by atoms with Crippen LogP contribution in [0.15, 0.2) is 42.9 Å². The van der Waals surface area contributed by atoms with Crippen LogP contribution in [0.3, 0.4) is 0 Å². The van der Waals surface area contributed by atoms with Gasteiger partial charge in [0.25, 0.3) is 11.8 Å². The van der Waals surface area contributed by atoms with E-state index in [0.717, 1.165) is 18.8 Å². The van der Waals surface area contributed by atoms with Crippen LogP contribution in [0.2, 0.25) is 0 Å². The lowest BCUT2D eigenvalue weighted by Crippen LogP contribution is -2.42. The van der Waals surface area contributed by atoms with Gasteiger partial charge in [0.2, 0.25) is 0 Å². The number of rotatable bonds is 3. The third-order valence-electron chi connectivity index (χ3n) is 4.71. The molecular weight excluding hydrogens is 382 g/mol. The fourth-order valence-electron chi connectivity index (χ4n) is 3.16. The van der Waals surface area contributed by atoms with E-state index in [9.17, 15) is 18.4 Å². The number of aliphatic hydroxyl groups excluding tert-OH is 1. The lowest BCUT2D eigenvalue weighted by Gasteiger charge is -2.31. The Balaban J connectivity index is 0.00000117. The molecular formula is C20H20F2N4O3. The second kappa shape index (κ2) is 8.44. The van der Waals surface area contributed by atoms with Crippen molar-refractivity contribution in [2.45, 2.75) is 18.8 Å². The second-order valence-corrected chi connectivity index (χ2v) is 6.54. The summed E-state index contributed by atoms with van der Waals surface area (Å²) in [7, 11) is 1.00. The molecule has 0 aromatic carbocycles. The second-order valence-electron chi connectivity index (χ2n) is 6.54. The summed E-state index contributed by atoms with van der Waals surface area (Å²) in [6.45, 7) is 0.0791. The molecule has 3 aromatic heterocycles. The number of nitrogens with zero attached hydrogens (tertiary/aromatic N) is 4. The van der Waals surface area contributed by atoms with E-state index >= 15 is 0 Å². The maximum absolute atomic E-state index is 13.3. The molecule has 0 radical (unpaired) electrons. The van der Waals surface area contributed by atoms with Crippen LogP contribution in [0.25, 0.3) is 16.9 Å². The van der Waals surface area contributed by atoms with E-state index in [-0.39, 0.29) is 31.8 Å². The van der Waals surface area contributed by atoms with Crippen LogP contribution < -0.4 is 0 Å². The van der Waals surface area contributed by atoms with E-state index in [1.165, 1.54) is 17.3 Å². The summed E-state index contributed by atoms with van der Waals surface area (Å²) in [6.07, 6.45) is 4.79. The van der Waals surface area contributed by atoms with Crippen molar-refractivity contribution in [2.75, 3.05) is 20.2 Å². The summed E-state index contributed by atoms with van der Waals surface area (Å²) >= 11 is 0. The van der Waals surface area contributed by atoms with Crippen molar-refractivity contribution in [1.29, 1.82) is 0 Å². The zero-order chi connectivity index (χ0) is 21.0. The molecule has 0 bridgehead atoms. The molecule has 0 aliphatic carbocycles. The van der Waals surface area contributed by atoms with Gasteiger partial charge in [-0.15, -0.1) is 0 Å². The van der Waals surface area contributed by atoms with E-state index in [2.05, 4.69) is 9.97 Å². The zero-order valence-electron chi connectivity index (χ0n) is 15.8. The average molecular weight is 402 g/mol. The number of piperidine rings is 1. The van der Waals surface area contributed by atoms with Crippen molar-refractivity contribution in [3.63, 3.8) is 0 Å². The Morgan fingerprint density at radius 3 is 2.48 bits per heavy atom. The number of carbonyl (C=O) groups excluding carboxylic acids is 2. The van der Waals surface area contributed by atoms with E-state index < -0.39 is 5.92 Å². The predicted molar refractivity (Wildman–Crippen MR) is 102 cm³/mol. The molecule has 0 atom stereocenters. The molecule has 0 unspecified atom stereocenters. The first kappa shape index (κ1) is 20.5. The minimum atomic E-state index is -2.69. The molecule has 7 nitrogen and oxygen atoms in total. The van der Waals surface area contributed by atoms with Gasteiger partial charge in [-0.3, -0.25) is 14.2 Å². The first-order chi connectivity index (χ1) is 14.0. The van der Waals surface area contributed by atoms with Gasteiger partial charge in [-0.1, -0.05) is 0 Å². The van der Waals surface area contributed by atoms with Gasteiger partial charge >= 0.3 is 0 Å². The van der Waals surface area contributed by atoms with Crippen LogP contribution in [0.4, 0.5) is 8.78 Å². The van der Waals surface area contributed by atoms with Crippen molar-refractivity contribution in [3.8, 4) is 5.82 Å². The summed E-state index contributed by atoms with van der Waals surface area (Å²) in [6, 6.07) is 6.87. The molecule has 1 N–H and O–H groups in total. The highest BCUT2D eigenvalue weighted by Crippen LogP contribution is 2.28. The molecule has 1 amide bonds. The van der Waals surface area contributed by atoms with Crippen molar-refractivity contribution in [3.05, 3.63) is 54.0 Å². The molecule has 9 heteroatoms. The number of likely N-dealkylation sites (tertiary alicyclic amines) is 1. The Hall–Kier alpha value is -3.20. The smallest absolute Gasteiger partial charge is 0.255 e. The number of carbonyl (C=O) groups is 2. The molecule has 1 aliphatic heterocycles. The number of aromatic nitrogens is 3. The first-order valence-corrected chi connectivity index (χ1v) is 8.97. The summed E-state index contributed by atoms with van der Waals surface area (Å²) < 4.78 is 28.3. The average Bonchev–Trinajstić information content (AvgIpc) is 3.18. The van der Waals surface area contributed by atoms with E-state index in [1.807, 2.05) is 0 Å². The number of amides is 1. The quantitative estimate of drug-likeness (QED) is 0.681. The highest BCUT2D eigenvalue weighted by atomic mass is 19.3. The van der Waals surface area contributed by atoms with Gasteiger partial charge in [-0.25, -0.2) is 18.7 Å². The largest absolute Gasteiger partial charge is 0.400 e. The number of alkyl halides is 2. The normalized spacial score (nSPS) is 15.5. The molecule has 29 heavy (non-hydrogen) atoms. The highest BCUT2D eigenvalue weighted by Gasteiger charge is 2.35. The van der Waals surface area contributed by atoms with Gasteiger partial charge in [0.05, 0.1) is 5.56 Å². The van der Waals surface area contributed by atoms with E-state index in [0.29, 0.717) is 22.6 Å². The number of halogens is 2. The molecule has 1 aliphatic rings. The Bertz CT molecular complexity index is 1010. The summed E-state index contributed by atoms with van der Waals surface area (Å²) in [5.41, 5.74) is 1.46. The summed E-state index contributed by atoms with van der Waals surface area (Å²) in [5, 5.41) is 7.74. The van der Waals surface area contributed by atoms with Crippen LogP contribution in [0.5, 0.6) is 0 Å². The Kier molecular flexibility index (Phi) is 5.97. The van der Waals surface area contributed by atoms with Gasteiger partial charge in [-0.2, -0.15) is 0 Å². The third kappa shape index (κ3) is 4.29. The fraction of sp³-hybridized carbons (Fsp3) is 0.300. The van der Waals surface area contributed by atoms with Crippen LogP contribution in [-0.4, -0.2) is 62.9 Å². The van der Waals surface area contributed by atoms with Gasteiger partial charge in [-0.05, 0) is 24.3 Å². The van der Waals surface area contributed by atoms with Crippen molar-refractivity contribution >= 4 is 23.2 Å². The Labute approximate surface area is 165 Å². The lowest BCUT2D eigenvalue weighted by atomic mass is 10.1. The number of pyridine rings is 2. The third-order valence-corrected chi connectivity index (χ3v) is 4.71. The van der Waals surface area contributed by atoms with Gasteiger partial charge < -0.3 is 10.0 Å². The van der Waals surface area contributed by atoms with Crippen molar-refractivity contribution in [1.82, 2.24) is 19.4 Å². The van der Waals surface area contributed by atoms with E-state index in [1.54, 1.807) is 35.0 Å². The highest BCUT2D eigenvalue weighted by molar-refractivity contribution is 5.97. The van der Waals surface area contributed by atoms with Gasteiger partial charge in [0.1, 0.15) is 11.5 Å².